The van der Waals surface area contributed by atoms with Crippen LogP contribution in [0.5, 0.6) is 0 Å². The van der Waals surface area contributed by atoms with Gasteiger partial charge in [-0.1, -0.05) is 42.5 Å². The average Bonchev–Trinajstić information content (AvgIpc) is 2.77. The van der Waals surface area contributed by atoms with Crippen LogP contribution in [0.2, 0.25) is 0 Å². The molecule has 0 saturated carbocycles. The first kappa shape index (κ1) is 22.5. The summed E-state index contributed by atoms with van der Waals surface area (Å²) in [4.78, 5) is 13.5. The van der Waals surface area contributed by atoms with Crippen molar-refractivity contribution >= 4 is 21.5 Å². The van der Waals surface area contributed by atoms with Crippen molar-refractivity contribution in [1.29, 1.82) is 5.26 Å². The highest BCUT2D eigenvalue weighted by atomic mass is 32.2. The van der Waals surface area contributed by atoms with Crippen molar-refractivity contribution in [3.63, 3.8) is 0 Å². The van der Waals surface area contributed by atoms with Crippen molar-refractivity contribution in [2.75, 3.05) is 26.2 Å². The topological polar surface area (TPSA) is 81.5 Å². The molecular weight excluding hydrogens is 431 g/mol. The summed E-state index contributed by atoms with van der Waals surface area (Å²) < 4.78 is 67.2. The molecule has 0 radical (unpaired) electrons. The molecule has 1 aliphatic heterocycles. The maximum Gasteiger partial charge on any atom is 0.417 e. The molecule has 1 amide bonds. The lowest BCUT2D eigenvalue weighted by atomic mass is 10.0. The third kappa shape index (κ3) is 4.95. The number of sulfonamides is 1. The maximum atomic E-state index is 13.5. The number of nitrogens with zero attached hydrogens (tertiary/aromatic N) is 3. The van der Waals surface area contributed by atoms with Gasteiger partial charge in [0.2, 0.25) is 15.9 Å². The molecule has 6 nitrogen and oxygen atoms in total. The Hall–Kier alpha value is -3.16. The van der Waals surface area contributed by atoms with Crippen LogP contribution in [-0.4, -0.2) is 55.9 Å². The molecule has 0 N–H and O–H groups in total. The highest BCUT2D eigenvalue weighted by Gasteiger charge is 2.36. The summed E-state index contributed by atoms with van der Waals surface area (Å²) in [5, 5.41) is 9.15. The molecule has 0 aliphatic carbocycles. The summed E-state index contributed by atoms with van der Waals surface area (Å²) in [5.41, 5.74) is -1.18. The zero-order valence-electron chi connectivity index (χ0n) is 16.2. The van der Waals surface area contributed by atoms with Gasteiger partial charge in [0, 0.05) is 32.3 Å². The fourth-order valence-corrected chi connectivity index (χ4v) is 4.80. The van der Waals surface area contributed by atoms with E-state index in [9.17, 15) is 26.4 Å². The summed E-state index contributed by atoms with van der Waals surface area (Å²) >= 11 is 0. The predicted molar refractivity (Wildman–Crippen MR) is 107 cm³/mol. The molecule has 0 bridgehead atoms. The highest BCUT2D eigenvalue weighted by Crippen LogP contribution is 2.34. The normalized spacial score (nSPS) is 16.1. The lowest BCUT2D eigenvalue weighted by Crippen LogP contribution is -2.50. The van der Waals surface area contributed by atoms with Crippen LogP contribution in [0, 0.1) is 11.3 Å². The molecule has 0 aromatic heterocycles. The fraction of sp³-hybridized carbons (Fsp3) is 0.238. The van der Waals surface area contributed by atoms with Gasteiger partial charge in [0.1, 0.15) is 6.07 Å². The number of piperazine rings is 1. The highest BCUT2D eigenvalue weighted by molar-refractivity contribution is 7.89. The van der Waals surface area contributed by atoms with Gasteiger partial charge in [-0.3, -0.25) is 4.79 Å². The van der Waals surface area contributed by atoms with Gasteiger partial charge >= 0.3 is 6.18 Å². The van der Waals surface area contributed by atoms with E-state index in [0.29, 0.717) is 6.08 Å². The molecule has 162 valence electrons. The van der Waals surface area contributed by atoms with Crippen LogP contribution >= 0.6 is 0 Å². The van der Waals surface area contributed by atoms with E-state index in [-0.39, 0.29) is 42.2 Å². The van der Waals surface area contributed by atoms with E-state index in [0.717, 1.165) is 4.31 Å². The molecule has 1 saturated heterocycles. The number of rotatable bonds is 4. The first-order valence-electron chi connectivity index (χ1n) is 9.27. The molecule has 3 rings (SSSR count). The standard InChI is InChI=1S/C21H18F3N3O3S/c22-21(23,24)18(16-6-2-1-3-7-16)14-20(28)26-10-12-27(13-11-26)31(29,30)19-9-5-4-8-17(19)15-25/h1-9,14H,10-13H2/b18-14-. The summed E-state index contributed by atoms with van der Waals surface area (Å²) in [6.45, 7) is -0.310. The van der Waals surface area contributed by atoms with Crippen molar-refractivity contribution < 1.29 is 26.4 Å². The summed E-state index contributed by atoms with van der Waals surface area (Å²) in [7, 11) is -3.97. The Labute approximate surface area is 177 Å². The zero-order valence-corrected chi connectivity index (χ0v) is 17.0. The second-order valence-electron chi connectivity index (χ2n) is 6.76. The van der Waals surface area contributed by atoms with Crippen molar-refractivity contribution in [2.45, 2.75) is 11.1 Å². The molecule has 1 heterocycles. The van der Waals surface area contributed by atoms with Gasteiger partial charge in [0.15, 0.2) is 0 Å². The van der Waals surface area contributed by atoms with Crippen molar-refractivity contribution in [2.24, 2.45) is 0 Å². The van der Waals surface area contributed by atoms with Gasteiger partial charge in [-0.05, 0) is 17.7 Å². The second kappa shape index (κ2) is 8.91. The van der Waals surface area contributed by atoms with Crippen LogP contribution in [0.1, 0.15) is 11.1 Å². The number of benzene rings is 2. The second-order valence-corrected chi connectivity index (χ2v) is 8.67. The van der Waals surface area contributed by atoms with Crippen molar-refractivity contribution in [1.82, 2.24) is 9.21 Å². The molecule has 2 aromatic carbocycles. The lowest BCUT2D eigenvalue weighted by Gasteiger charge is -2.33. The van der Waals surface area contributed by atoms with Gasteiger partial charge in [-0.2, -0.15) is 22.7 Å². The van der Waals surface area contributed by atoms with Gasteiger partial charge in [-0.25, -0.2) is 8.42 Å². The third-order valence-corrected chi connectivity index (χ3v) is 6.79. The van der Waals surface area contributed by atoms with Crippen LogP contribution in [-0.2, 0) is 14.8 Å². The van der Waals surface area contributed by atoms with Gasteiger partial charge in [-0.15, -0.1) is 0 Å². The Bertz CT molecular complexity index is 1130. The van der Waals surface area contributed by atoms with E-state index in [2.05, 4.69) is 0 Å². The monoisotopic (exact) mass is 449 g/mol. The van der Waals surface area contributed by atoms with E-state index in [1.807, 2.05) is 6.07 Å². The molecule has 10 heteroatoms. The number of amides is 1. The quantitative estimate of drug-likeness (QED) is 0.672. The largest absolute Gasteiger partial charge is 0.417 e. The number of alkyl halides is 3. The van der Waals surface area contributed by atoms with Crippen LogP contribution in [0.25, 0.3) is 5.57 Å². The van der Waals surface area contributed by atoms with E-state index in [4.69, 9.17) is 5.26 Å². The summed E-state index contributed by atoms with van der Waals surface area (Å²) in [6, 6.07) is 14.6. The number of hydrogen-bond acceptors (Lipinski definition) is 4. The molecule has 1 fully saturated rings. The molecule has 0 spiro atoms. The van der Waals surface area contributed by atoms with E-state index in [1.165, 1.54) is 47.4 Å². The molecule has 0 atom stereocenters. The van der Waals surface area contributed by atoms with Crippen molar-refractivity contribution in [3.8, 4) is 6.07 Å². The van der Waals surface area contributed by atoms with E-state index < -0.39 is 27.7 Å². The number of halogens is 3. The van der Waals surface area contributed by atoms with E-state index >= 15 is 0 Å². The maximum absolute atomic E-state index is 13.5. The molecule has 1 aliphatic rings. The molecular formula is C21H18F3N3O3S. The summed E-state index contributed by atoms with van der Waals surface area (Å²) in [6.07, 6.45) is -4.17. The van der Waals surface area contributed by atoms with Crippen LogP contribution in [0.15, 0.2) is 65.6 Å². The Morgan fingerprint density at radius 1 is 0.968 bits per heavy atom. The predicted octanol–water partition coefficient (Wildman–Crippen LogP) is 3.04. The minimum Gasteiger partial charge on any atom is -0.337 e. The SMILES string of the molecule is N#Cc1ccccc1S(=O)(=O)N1CCN(C(=O)/C=C(/c2ccccc2)C(F)(F)F)CC1. The Kier molecular flexibility index (Phi) is 6.48. The number of hydrogen-bond donors (Lipinski definition) is 0. The van der Waals surface area contributed by atoms with Crippen LogP contribution in [0.4, 0.5) is 13.2 Å². The van der Waals surface area contributed by atoms with Crippen molar-refractivity contribution in [3.05, 3.63) is 71.8 Å². The van der Waals surface area contributed by atoms with Gasteiger partial charge < -0.3 is 4.90 Å². The number of nitriles is 1. The Balaban J connectivity index is 1.76. The Morgan fingerprint density at radius 2 is 1.55 bits per heavy atom. The van der Waals surface area contributed by atoms with Gasteiger partial charge in [0.05, 0.1) is 16.0 Å². The number of carbonyl (C=O) groups is 1. The fourth-order valence-electron chi connectivity index (χ4n) is 3.23. The average molecular weight is 449 g/mol. The van der Waals surface area contributed by atoms with Crippen LogP contribution in [0.3, 0.4) is 0 Å². The number of carbonyl (C=O) groups excluding carboxylic acids is 1. The summed E-state index contributed by atoms with van der Waals surface area (Å²) in [5.74, 6) is -0.842. The third-order valence-electron chi connectivity index (χ3n) is 4.83. The molecule has 31 heavy (non-hydrogen) atoms. The first-order valence-corrected chi connectivity index (χ1v) is 10.7. The Morgan fingerprint density at radius 3 is 2.13 bits per heavy atom. The number of allylic oxidation sites excluding steroid dienone is 1. The first-order chi connectivity index (χ1) is 14.6. The smallest absolute Gasteiger partial charge is 0.337 e. The van der Waals surface area contributed by atoms with Crippen LogP contribution < -0.4 is 0 Å². The zero-order chi connectivity index (χ0) is 22.6. The van der Waals surface area contributed by atoms with E-state index in [1.54, 1.807) is 12.1 Å². The molecule has 0 unspecified atom stereocenters. The minimum absolute atomic E-state index is 0.00150. The lowest BCUT2D eigenvalue weighted by molar-refractivity contribution is -0.127. The van der Waals surface area contributed by atoms with Gasteiger partial charge in [0.25, 0.3) is 0 Å². The molecule has 2 aromatic rings. The minimum atomic E-state index is -4.72.